The van der Waals surface area contributed by atoms with Crippen LogP contribution >= 0.6 is 0 Å². The SMILES string of the molecule is Cc1ccc(NC(=O)C(C)N(C)Cc2ccccc2N2CCOCC2)c(C)c1. The number of ether oxygens (including phenoxy) is 1. The van der Waals surface area contributed by atoms with Crippen molar-refractivity contribution in [2.45, 2.75) is 33.4 Å². The van der Waals surface area contributed by atoms with Gasteiger partial charge in [-0.1, -0.05) is 35.9 Å². The zero-order valence-corrected chi connectivity index (χ0v) is 17.4. The monoisotopic (exact) mass is 381 g/mol. The van der Waals surface area contributed by atoms with Crippen LogP contribution in [0.15, 0.2) is 42.5 Å². The number of hydrogen-bond acceptors (Lipinski definition) is 4. The number of anilines is 2. The van der Waals surface area contributed by atoms with Crippen LogP contribution in [0, 0.1) is 13.8 Å². The number of aryl methyl sites for hydroxylation is 2. The second-order valence-corrected chi connectivity index (χ2v) is 7.63. The van der Waals surface area contributed by atoms with Crippen molar-refractivity contribution in [2.24, 2.45) is 0 Å². The van der Waals surface area contributed by atoms with Gasteiger partial charge in [0.25, 0.3) is 0 Å². The Morgan fingerprint density at radius 1 is 1.18 bits per heavy atom. The van der Waals surface area contributed by atoms with E-state index >= 15 is 0 Å². The third-order valence-corrected chi connectivity index (χ3v) is 5.44. The summed E-state index contributed by atoms with van der Waals surface area (Å²) in [4.78, 5) is 17.3. The van der Waals surface area contributed by atoms with Gasteiger partial charge in [0.15, 0.2) is 0 Å². The Morgan fingerprint density at radius 3 is 2.61 bits per heavy atom. The molecule has 0 aliphatic carbocycles. The topological polar surface area (TPSA) is 44.8 Å². The highest BCUT2D eigenvalue weighted by Gasteiger charge is 2.21. The van der Waals surface area contributed by atoms with Crippen LogP contribution in [-0.2, 0) is 16.1 Å². The zero-order chi connectivity index (χ0) is 20.1. The Hall–Kier alpha value is -2.37. The summed E-state index contributed by atoms with van der Waals surface area (Å²) in [6, 6.07) is 14.3. The summed E-state index contributed by atoms with van der Waals surface area (Å²) in [5, 5.41) is 3.07. The molecule has 0 saturated carbocycles. The van der Waals surface area contributed by atoms with Crippen molar-refractivity contribution in [1.82, 2.24) is 4.90 Å². The molecule has 3 rings (SSSR count). The molecule has 5 nitrogen and oxygen atoms in total. The number of nitrogens with one attached hydrogen (secondary N) is 1. The number of nitrogens with zero attached hydrogens (tertiary/aromatic N) is 2. The molecule has 1 fully saturated rings. The van der Waals surface area contributed by atoms with E-state index in [1.807, 2.05) is 33.0 Å². The molecule has 2 aromatic carbocycles. The molecule has 1 unspecified atom stereocenters. The first-order valence-corrected chi connectivity index (χ1v) is 9.94. The minimum absolute atomic E-state index is 0.0123. The predicted molar refractivity (Wildman–Crippen MR) is 115 cm³/mol. The molecule has 0 bridgehead atoms. The molecule has 1 aliphatic rings. The minimum atomic E-state index is -0.238. The molecule has 2 aromatic rings. The Labute approximate surface area is 168 Å². The molecular formula is C23H31N3O2. The molecule has 0 aromatic heterocycles. The second kappa shape index (κ2) is 9.22. The number of hydrogen-bond donors (Lipinski definition) is 1. The zero-order valence-electron chi connectivity index (χ0n) is 17.4. The molecule has 1 atom stereocenters. The van der Waals surface area contributed by atoms with E-state index in [1.54, 1.807) is 0 Å². The third kappa shape index (κ3) is 4.91. The highest BCUT2D eigenvalue weighted by atomic mass is 16.5. The van der Waals surface area contributed by atoms with Crippen LogP contribution in [0.25, 0.3) is 0 Å². The number of carbonyl (C=O) groups is 1. The van der Waals surface area contributed by atoms with E-state index in [1.165, 1.54) is 16.8 Å². The van der Waals surface area contributed by atoms with Crippen molar-refractivity contribution in [3.8, 4) is 0 Å². The van der Waals surface area contributed by atoms with Crippen LogP contribution in [-0.4, -0.2) is 50.2 Å². The van der Waals surface area contributed by atoms with E-state index in [0.29, 0.717) is 0 Å². The number of amides is 1. The largest absolute Gasteiger partial charge is 0.378 e. The quantitative estimate of drug-likeness (QED) is 0.830. The van der Waals surface area contributed by atoms with Crippen LogP contribution in [0.3, 0.4) is 0 Å². The average molecular weight is 382 g/mol. The first-order chi connectivity index (χ1) is 13.5. The van der Waals surface area contributed by atoms with Crippen molar-refractivity contribution in [3.63, 3.8) is 0 Å². The number of carbonyl (C=O) groups excluding carboxylic acids is 1. The molecule has 1 heterocycles. The minimum Gasteiger partial charge on any atom is -0.378 e. The molecule has 1 N–H and O–H groups in total. The van der Waals surface area contributed by atoms with Gasteiger partial charge in [0.1, 0.15) is 0 Å². The van der Waals surface area contributed by atoms with E-state index in [2.05, 4.69) is 52.4 Å². The number of likely N-dealkylation sites (N-methyl/N-ethyl adjacent to an activating group) is 1. The predicted octanol–water partition coefficient (Wildman–Crippen LogP) is 3.60. The summed E-state index contributed by atoms with van der Waals surface area (Å²) < 4.78 is 5.48. The molecule has 1 aliphatic heterocycles. The van der Waals surface area contributed by atoms with Gasteiger partial charge in [0, 0.05) is 31.0 Å². The van der Waals surface area contributed by atoms with Gasteiger partial charge in [-0.05, 0) is 51.1 Å². The van der Waals surface area contributed by atoms with Crippen molar-refractivity contribution in [3.05, 3.63) is 59.2 Å². The first kappa shape index (κ1) is 20.4. The maximum Gasteiger partial charge on any atom is 0.241 e. The van der Waals surface area contributed by atoms with E-state index in [0.717, 1.165) is 44.1 Å². The lowest BCUT2D eigenvalue weighted by molar-refractivity contribution is -0.120. The fourth-order valence-electron chi connectivity index (χ4n) is 3.55. The maximum absolute atomic E-state index is 12.8. The van der Waals surface area contributed by atoms with E-state index in [9.17, 15) is 4.79 Å². The molecule has 0 radical (unpaired) electrons. The summed E-state index contributed by atoms with van der Waals surface area (Å²) in [5.41, 5.74) is 5.63. The van der Waals surface area contributed by atoms with E-state index < -0.39 is 0 Å². The number of rotatable bonds is 6. The highest BCUT2D eigenvalue weighted by Crippen LogP contribution is 2.23. The van der Waals surface area contributed by atoms with Gasteiger partial charge in [-0.15, -0.1) is 0 Å². The fourth-order valence-corrected chi connectivity index (χ4v) is 3.55. The fraction of sp³-hybridized carbons (Fsp3) is 0.435. The summed E-state index contributed by atoms with van der Waals surface area (Å²) >= 11 is 0. The molecule has 150 valence electrons. The summed E-state index contributed by atoms with van der Waals surface area (Å²) in [6.07, 6.45) is 0. The lowest BCUT2D eigenvalue weighted by Crippen LogP contribution is -2.40. The Morgan fingerprint density at radius 2 is 1.89 bits per heavy atom. The van der Waals surface area contributed by atoms with Gasteiger partial charge >= 0.3 is 0 Å². The van der Waals surface area contributed by atoms with E-state index in [4.69, 9.17) is 4.74 Å². The van der Waals surface area contributed by atoms with Gasteiger partial charge in [0.2, 0.25) is 5.91 Å². The molecule has 28 heavy (non-hydrogen) atoms. The van der Waals surface area contributed by atoms with Gasteiger partial charge in [-0.2, -0.15) is 0 Å². The molecule has 1 saturated heterocycles. The average Bonchev–Trinajstić information content (AvgIpc) is 2.70. The maximum atomic E-state index is 12.8. The van der Waals surface area contributed by atoms with Crippen LogP contribution in [0.2, 0.25) is 0 Å². The third-order valence-electron chi connectivity index (χ3n) is 5.44. The lowest BCUT2D eigenvalue weighted by Gasteiger charge is -2.32. The smallest absolute Gasteiger partial charge is 0.241 e. The van der Waals surface area contributed by atoms with Gasteiger partial charge in [-0.25, -0.2) is 0 Å². The van der Waals surface area contributed by atoms with E-state index in [-0.39, 0.29) is 11.9 Å². The lowest BCUT2D eigenvalue weighted by atomic mass is 10.1. The molecule has 0 spiro atoms. The summed E-state index contributed by atoms with van der Waals surface area (Å²) in [7, 11) is 2.00. The molecule has 5 heteroatoms. The van der Waals surface area contributed by atoms with Crippen LogP contribution in [0.1, 0.15) is 23.6 Å². The Kier molecular flexibility index (Phi) is 6.70. The summed E-state index contributed by atoms with van der Waals surface area (Å²) in [6.45, 7) is 10.1. The number of morpholine rings is 1. The van der Waals surface area contributed by atoms with Gasteiger partial charge in [-0.3, -0.25) is 9.69 Å². The standard InChI is InChI=1S/C23H31N3O2/c1-17-9-10-21(18(2)15-17)24-23(27)19(3)25(4)16-20-7-5-6-8-22(20)26-11-13-28-14-12-26/h5-10,15,19H,11-14,16H2,1-4H3,(H,24,27). The first-order valence-electron chi connectivity index (χ1n) is 9.94. The van der Waals surface area contributed by atoms with Crippen molar-refractivity contribution < 1.29 is 9.53 Å². The van der Waals surface area contributed by atoms with Gasteiger partial charge < -0.3 is 15.0 Å². The Balaban J connectivity index is 1.67. The van der Waals surface area contributed by atoms with Gasteiger partial charge in [0.05, 0.1) is 19.3 Å². The van der Waals surface area contributed by atoms with Crippen LogP contribution < -0.4 is 10.2 Å². The number of para-hydroxylation sites is 1. The van der Waals surface area contributed by atoms with Crippen molar-refractivity contribution >= 4 is 17.3 Å². The van der Waals surface area contributed by atoms with Crippen molar-refractivity contribution in [2.75, 3.05) is 43.6 Å². The van der Waals surface area contributed by atoms with Crippen molar-refractivity contribution in [1.29, 1.82) is 0 Å². The molecule has 1 amide bonds. The second-order valence-electron chi connectivity index (χ2n) is 7.63. The van der Waals surface area contributed by atoms with Crippen LogP contribution in [0.4, 0.5) is 11.4 Å². The summed E-state index contributed by atoms with van der Waals surface area (Å²) in [5.74, 6) is 0.0123. The normalized spacial score (nSPS) is 15.5. The molecular weight excluding hydrogens is 350 g/mol. The number of benzene rings is 2. The van der Waals surface area contributed by atoms with Crippen LogP contribution in [0.5, 0.6) is 0 Å². The Bertz CT molecular complexity index is 815. The highest BCUT2D eigenvalue weighted by molar-refractivity contribution is 5.95.